The van der Waals surface area contributed by atoms with Gasteiger partial charge < -0.3 is 10.6 Å². The van der Waals surface area contributed by atoms with Gasteiger partial charge in [0.2, 0.25) is 5.91 Å². The van der Waals surface area contributed by atoms with Gasteiger partial charge in [-0.1, -0.05) is 0 Å². The number of hydrogen-bond acceptors (Lipinski definition) is 4. The fourth-order valence-electron chi connectivity index (χ4n) is 1.42. The van der Waals surface area contributed by atoms with Gasteiger partial charge in [0.15, 0.2) is 5.82 Å². The summed E-state index contributed by atoms with van der Waals surface area (Å²) in [5, 5.41) is 9.97. The first kappa shape index (κ1) is 11.1. The summed E-state index contributed by atoms with van der Waals surface area (Å²) in [6, 6.07) is 0. The summed E-state index contributed by atoms with van der Waals surface area (Å²) in [7, 11) is 1.80. The highest BCUT2D eigenvalue weighted by Gasteiger charge is 2.20. The first-order chi connectivity index (χ1) is 7.74. The molecule has 0 aromatic carbocycles. The summed E-state index contributed by atoms with van der Waals surface area (Å²) in [6.45, 7) is 1.73. The second-order valence-corrected chi connectivity index (χ2v) is 4.19. The van der Waals surface area contributed by atoms with Gasteiger partial charge in [0.05, 0.1) is 13.1 Å². The van der Waals surface area contributed by atoms with Crippen molar-refractivity contribution in [2.24, 2.45) is 13.0 Å². The SMILES string of the molecule is Cn1cnc(CNC(=O)CNCC2CC2)n1. The van der Waals surface area contributed by atoms with Crippen LogP contribution in [0.15, 0.2) is 6.33 Å². The van der Waals surface area contributed by atoms with Gasteiger partial charge in [0.25, 0.3) is 0 Å². The Kier molecular flexibility index (Phi) is 3.51. The molecule has 6 nitrogen and oxygen atoms in total. The molecule has 0 saturated heterocycles. The van der Waals surface area contributed by atoms with Crippen LogP contribution >= 0.6 is 0 Å². The lowest BCUT2D eigenvalue weighted by molar-refractivity contribution is -0.120. The minimum Gasteiger partial charge on any atom is -0.348 e. The molecular weight excluding hydrogens is 206 g/mol. The van der Waals surface area contributed by atoms with E-state index in [0.717, 1.165) is 12.5 Å². The molecule has 1 saturated carbocycles. The molecule has 0 aliphatic heterocycles. The number of rotatable bonds is 6. The summed E-state index contributed by atoms with van der Waals surface area (Å²) >= 11 is 0. The van der Waals surface area contributed by atoms with E-state index in [1.807, 2.05) is 0 Å². The highest BCUT2D eigenvalue weighted by molar-refractivity contribution is 5.77. The van der Waals surface area contributed by atoms with Gasteiger partial charge in [-0.05, 0) is 25.3 Å². The van der Waals surface area contributed by atoms with Gasteiger partial charge in [-0.2, -0.15) is 5.10 Å². The van der Waals surface area contributed by atoms with Crippen molar-refractivity contribution in [1.82, 2.24) is 25.4 Å². The number of amides is 1. The molecule has 1 fully saturated rings. The van der Waals surface area contributed by atoms with Crippen LogP contribution in [0.4, 0.5) is 0 Å². The number of aromatic nitrogens is 3. The first-order valence-corrected chi connectivity index (χ1v) is 5.56. The highest BCUT2D eigenvalue weighted by Crippen LogP contribution is 2.27. The maximum absolute atomic E-state index is 11.4. The molecule has 88 valence electrons. The normalized spacial score (nSPS) is 15.1. The average Bonchev–Trinajstić information content (AvgIpc) is 2.98. The van der Waals surface area contributed by atoms with E-state index in [2.05, 4.69) is 20.7 Å². The molecule has 0 spiro atoms. The van der Waals surface area contributed by atoms with Crippen LogP contribution in [0.2, 0.25) is 0 Å². The van der Waals surface area contributed by atoms with E-state index in [0.29, 0.717) is 18.9 Å². The number of nitrogens with zero attached hydrogens (tertiary/aromatic N) is 3. The lowest BCUT2D eigenvalue weighted by Crippen LogP contribution is -2.34. The van der Waals surface area contributed by atoms with Crippen LogP contribution in [0.25, 0.3) is 0 Å². The van der Waals surface area contributed by atoms with Crippen LogP contribution in [0.3, 0.4) is 0 Å². The molecule has 6 heteroatoms. The predicted molar refractivity (Wildman–Crippen MR) is 58.4 cm³/mol. The monoisotopic (exact) mass is 223 g/mol. The van der Waals surface area contributed by atoms with Gasteiger partial charge in [0.1, 0.15) is 6.33 Å². The van der Waals surface area contributed by atoms with Crippen molar-refractivity contribution in [2.75, 3.05) is 13.1 Å². The van der Waals surface area contributed by atoms with E-state index in [9.17, 15) is 4.79 Å². The van der Waals surface area contributed by atoms with Crippen LogP contribution in [0.1, 0.15) is 18.7 Å². The van der Waals surface area contributed by atoms with E-state index in [1.165, 1.54) is 12.8 Å². The van der Waals surface area contributed by atoms with Crippen molar-refractivity contribution in [3.8, 4) is 0 Å². The highest BCUT2D eigenvalue weighted by atomic mass is 16.1. The lowest BCUT2D eigenvalue weighted by Gasteiger charge is -2.03. The maximum Gasteiger partial charge on any atom is 0.234 e. The fourth-order valence-corrected chi connectivity index (χ4v) is 1.42. The van der Waals surface area contributed by atoms with Crippen molar-refractivity contribution in [3.05, 3.63) is 12.2 Å². The Morgan fingerprint density at radius 1 is 1.62 bits per heavy atom. The largest absolute Gasteiger partial charge is 0.348 e. The Bertz CT molecular complexity index is 358. The molecule has 1 amide bonds. The summed E-state index contributed by atoms with van der Waals surface area (Å²) in [5.74, 6) is 1.43. The molecule has 1 aliphatic carbocycles. The van der Waals surface area contributed by atoms with Crippen molar-refractivity contribution < 1.29 is 4.79 Å². The van der Waals surface area contributed by atoms with E-state index in [-0.39, 0.29) is 5.91 Å². The number of aryl methyl sites for hydroxylation is 1. The third kappa shape index (κ3) is 3.62. The molecule has 0 radical (unpaired) electrons. The standard InChI is InChI=1S/C10H17N5O/c1-15-7-13-9(14-15)5-12-10(16)6-11-4-8-2-3-8/h7-8,11H,2-6H2,1H3,(H,12,16). The number of carbonyl (C=O) groups excluding carboxylic acids is 1. The van der Waals surface area contributed by atoms with Crippen LogP contribution in [-0.2, 0) is 18.4 Å². The number of hydrogen-bond donors (Lipinski definition) is 2. The quantitative estimate of drug-likeness (QED) is 0.677. The van der Waals surface area contributed by atoms with Gasteiger partial charge in [-0.15, -0.1) is 0 Å². The maximum atomic E-state index is 11.4. The van der Waals surface area contributed by atoms with Crippen molar-refractivity contribution in [3.63, 3.8) is 0 Å². The minimum absolute atomic E-state index is 0.00639. The predicted octanol–water partition coefficient (Wildman–Crippen LogP) is -0.569. The van der Waals surface area contributed by atoms with E-state index in [1.54, 1.807) is 18.1 Å². The summed E-state index contributed by atoms with van der Waals surface area (Å²) < 4.78 is 1.62. The second kappa shape index (κ2) is 5.07. The lowest BCUT2D eigenvalue weighted by atomic mass is 10.4. The Balaban J connectivity index is 1.59. The molecule has 2 N–H and O–H groups in total. The van der Waals surface area contributed by atoms with Crippen LogP contribution in [-0.4, -0.2) is 33.8 Å². The third-order valence-electron chi connectivity index (χ3n) is 2.51. The van der Waals surface area contributed by atoms with Crippen LogP contribution in [0.5, 0.6) is 0 Å². The van der Waals surface area contributed by atoms with Gasteiger partial charge >= 0.3 is 0 Å². The van der Waals surface area contributed by atoms with Crippen LogP contribution in [0, 0.1) is 5.92 Å². The van der Waals surface area contributed by atoms with E-state index >= 15 is 0 Å². The Morgan fingerprint density at radius 3 is 3.06 bits per heavy atom. The molecule has 1 aromatic rings. The zero-order chi connectivity index (χ0) is 11.4. The molecule has 1 aliphatic rings. The Labute approximate surface area is 94.4 Å². The first-order valence-electron chi connectivity index (χ1n) is 5.56. The Hall–Kier alpha value is -1.43. The second-order valence-electron chi connectivity index (χ2n) is 4.19. The average molecular weight is 223 g/mol. The molecule has 2 rings (SSSR count). The smallest absolute Gasteiger partial charge is 0.234 e. The van der Waals surface area contributed by atoms with Crippen LogP contribution < -0.4 is 10.6 Å². The van der Waals surface area contributed by atoms with E-state index in [4.69, 9.17) is 0 Å². The molecule has 1 aromatic heterocycles. The summed E-state index contributed by atoms with van der Waals surface area (Å²) in [6.07, 6.45) is 4.21. The molecular formula is C10H17N5O. The number of nitrogens with one attached hydrogen (secondary N) is 2. The molecule has 0 unspecified atom stereocenters. The molecule has 1 heterocycles. The number of carbonyl (C=O) groups is 1. The topological polar surface area (TPSA) is 71.8 Å². The molecule has 0 atom stereocenters. The van der Waals surface area contributed by atoms with Crippen molar-refractivity contribution in [2.45, 2.75) is 19.4 Å². The van der Waals surface area contributed by atoms with Gasteiger partial charge in [0, 0.05) is 7.05 Å². The molecule has 16 heavy (non-hydrogen) atoms. The third-order valence-corrected chi connectivity index (χ3v) is 2.51. The Morgan fingerprint density at radius 2 is 2.44 bits per heavy atom. The summed E-state index contributed by atoms with van der Waals surface area (Å²) in [5.41, 5.74) is 0. The summed E-state index contributed by atoms with van der Waals surface area (Å²) in [4.78, 5) is 15.4. The molecule has 0 bridgehead atoms. The van der Waals surface area contributed by atoms with E-state index < -0.39 is 0 Å². The van der Waals surface area contributed by atoms with Crippen molar-refractivity contribution in [1.29, 1.82) is 0 Å². The fraction of sp³-hybridized carbons (Fsp3) is 0.700. The zero-order valence-electron chi connectivity index (χ0n) is 9.44. The van der Waals surface area contributed by atoms with Gasteiger partial charge in [-0.25, -0.2) is 4.98 Å². The minimum atomic E-state index is -0.00639. The zero-order valence-corrected chi connectivity index (χ0v) is 9.44. The van der Waals surface area contributed by atoms with Crippen molar-refractivity contribution >= 4 is 5.91 Å². The van der Waals surface area contributed by atoms with Gasteiger partial charge in [-0.3, -0.25) is 9.48 Å².